The van der Waals surface area contributed by atoms with E-state index in [1.165, 1.54) is 24.0 Å². The van der Waals surface area contributed by atoms with Crippen LogP contribution in [0.2, 0.25) is 0 Å². The average Bonchev–Trinajstić information content (AvgIpc) is 2.79. The third kappa shape index (κ3) is 6.63. The minimum Gasteiger partial charge on any atom is -0.387 e. The van der Waals surface area contributed by atoms with Gasteiger partial charge in [-0.3, -0.25) is 9.52 Å². The van der Waals surface area contributed by atoms with Gasteiger partial charge in [0.15, 0.2) is 0 Å². The summed E-state index contributed by atoms with van der Waals surface area (Å²) in [6, 6.07) is 4.16. The summed E-state index contributed by atoms with van der Waals surface area (Å²) in [6.07, 6.45) is -2.92. The predicted molar refractivity (Wildman–Crippen MR) is 129 cm³/mol. The lowest BCUT2D eigenvalue weighted by atomic mass is 10.1. The Morgan fingerprint density at radius 3 is 2.67 bits per heavy atom. The molecule has 14 heteroatoms. The number of aryl methyl sites for hydroxylation is 1. The number of aliphatic hydroxyl groups is 1. The lowest BCUT2D eigenvalue weighted by Gasteiger charge is -2.32. The van der Waals surface area contributed by atoms with E-state index in [9.17, 15) is 26.4 Å². The highest BCUT2D eigenvalue weighted by Crippen LogP contribution is 2.37. The Kier molecular flexibility index (Phi) is 8.09. The molecule has 10 nitrogen and oxygen atoms in total. The van der Waals surface area contributed by atoms with E-state index < -0.39 is 40.1 Å². The molecule has 36 heavy (non-hydrogen) atoms. The Morgan fingerprint density at radius 1 is 1.31 bits per heavy atom. The molecule has 0 spiro atoms. The third-order valence-electron chi connectivity index (χ3n) is 5.47. The van der Waals surface area contributed by atoms with E-state index in [2.05, 4.69) is 31.9 Å². The van der Waals surface area contributed by atoms with Crippen LogP contribution >= 0.6 is 0 Å². The molecule has 1 saturated heterocycles. The van der Waals surface area contributed by atoms with Crippen molar-refractivity contribution >= 4 is 39.1 Å². The van der Waals surface area contributed by atoms with Gasteiger partial charge in [0.1, 0.15) is 18.0 Å². The molecule has 3 rings (SSSR count). The summed E-state index contributed by atoms with van der Waals surface area (Å²) in [5, 5.41) is 14.6. The fourth-order valence-electron chi connectivity index (χ4n) is 3.57. The second-order valence-electron chi connectivity index (χ2n) is 8.42. The normalized spacial score (nSPS) is 16.4. The van der Waals surface area contributed by atoms with Crippen LogP contribution in [0.25, 0.3) is 0 Å². The second kappa shape index (κ2) is 10.7. The molecule has 1 amide bonds. The molecule has 1 aromatic carbocycles. The summed E-state index contributed by atoms with van der Waals surface area (Å²) in [6.45, 7) is 6.46. The number of nitrogens with zero attached hydrogens (tertiary/aromatic N) is 3. The van der Waals surface area contributed by atoms with Crippen molar-refractivity contribution in [2.75, 3.05) is 35.1 Å². The zero-order valence-corrected chi connectivity index (χ0v) is 20.5. The molecule has 1 aliphatic rings. The first-order chi connectivity index (χ1) is 16.8. The van der Waals surface area contributed by atoms with Crippen molar-refractivity contribution in [3.63, 3.8) is 0 Å². The number of hydrogen-bond acceptors (Lipinski definition) is 8. The second-order valence-corrected chi connectivity index (χ2v) is 10.3. The molecule has 1 fully saturated rings. The molecule has 2 heterocycles. The predicted octanol–water partition coefficient (Wildman–Crippen LogP) is 3.22. The number of piperidine rings is 1. The molecule has 1 atom stereocenters. The van der Waals surface area contributed by atoms with Crippen LogP contribution in [0.5, 0.6) is 0 Å². The summed E-state index contributed by atoms with van der Waals surface area (Å²) < 4.78 is 68.1. The van der Waals surface area contributed by atoms with Crippen LogP contribution in [0.3, 0.4) is 0 Å². The standard InChI is InChI=1S/C22H27F3N6O4S/c1-13(2)36(34,35)30-18-9-14(3)6-7-17(18)28-20-16(22(23,24)25)10-26-21(29-20)27-15-5-4-8-31(11-15)19(33)12-32/h6-7,9-10,15,30,32H,1,4-5,8,11-12H2,2-3H3,(H2,26,27,28,29)/t15-/m0/s1. The van der Waals surface area contributed by atoms with Gasteiger partial charge in [0.05, 0.1) is 16.3 Å². The fourth-order valence-corrected chi connectivity index (χ4v) is 4.20. The lowest BCUT2D eigenvalue weighted by Crippen LogP contribution is -2.46. The number of alkyl halides is 3. The number of carbonyl (C=O) groups excluding carboxylic acids is 1. The van der Waals surface area contributed by atoms with Crippen molar-refractivity contribution < 1.29 is 31.5 Å². The fraction of sp³-hybridized carbons (Fsp3) is 0.409. The van der Waals surface area contributed by atoms with Crippen molar-refractivity contribution in [2.45, 2.75) is 38.9 Å². The molecule has 0 radical (unpaired) electrons. The Hall–Kier alpha value is -3.39. The number of nitrogens with one attached hydrogen (secondary N) is 3. The van der Waals surface area contributed by atoms with Crippen LogP contribution in [-0.2, 0) is 21.0 Å². The average molecular weight is 529 g/mol. The molecule has 1 aliphatic heterocycles. The van der Waals surface area contributed by atoms with Crippen LogP contribution in [0, 0.1) is 6.92 Å². The first kappa shape index (κ1) is 27.2. The molecule has 4 N–H and O–H groups in total. The van der Waals surface area contributed by atoms with Crippen molar-refractivity contribution in [1.82, 2.24) is 14.9 Å². The van der Waals surface area contributed by atoms with Gasteiger partial charge < -0.3 is 20.6 Å². The zero-order chi connectivity index (χ0) is 26.7. The highest BCUT2D eigenvalue weighted by Gasteiger charge is 2.36. The van der Waals surface area contributed by atoms with E-state index >= 15 is 0 Å². The maximum Gasteiger partial charge on any atom is 0.421 e. The Balaban J connectivity index is 1.93. The molecule has 196 valence electrons. The molecule has 0 bridgehead atoms. The first-order valence-corrected chi connectivity index (χ1v) is 12.4. The number of halogens is 3. The van der Waals surface area contributed by atoms with E-state index in [-0.39, 0.29) is 34.8 Å². The van der Waals surface area contributed by atoms with E-state index in [1.807, 2.05) is 0 Å². The van der Waals surface area contributed by atoms with Crippen molar-refractivity contribution in [2.24, 2.45) is 0 Å². The van der Waals surface area contributed by atoms with Gasteiger partial charge in [-0.25, -0.2) is 13.4 Å². The molecule has 0 aliphatic carbocycles. The van der Waals surface area contributed by atoms with Gasteiger partial charge in [-0.15, -0.1) is 0 Å². The van der Waals surface area contributed by atoms with Crippen LogP contribution in [-0.4, -0.2) is 60.0 Å². The maximum atomic E-state index is 13.7. The number of hydrogen-bond donors (Lipinski definition) is 4. The van der Waals surface area contributed by atoms with Gasteiger partial charge in [0, 0.05) is 25.3 Å². The summed E-state index contributed by atoms with van der Waals surface area (Å²) >= 11 is 0. The largest absolute Gasteiger partial charge is 0.421 e. The van der Waals surface area contributed by atoms with Gasteiger partial charge >= 0.3 is 6.18 Å². The molecular weight excluding hydrogens is 501 g/mol. The SMILES string of the molecule is C=C(C)S(=O)(=O)Nc1cc(C)ccc1Nc1nc(N[C@H]2CCCN(C(=O)CO)C2)ncc1C(F)(F)F. The number of amides is 1. The van der Waals surface area contributed by atoms with Crippen molar-refractivity contribution in [3.8, 4) is 0 Å². The highest BCUT2D eigenvalue weighted by atomic mass is 32.2. The van der Waals surface area contributed by atoms with Gasteiger partial charge in [-0.1, -0.05) is 12.6 Å². The number of allylic oxidation sites excluding steroid dienone is 1. The van der Waals surface area contributed by atoms with Crippen LogP contribution in [0.1, 0.15) is 30.9 Å². The van der Waals surface area contributed by atoms with E-state index in [0.717, 1.165) is 0 Å². The number of aliphatic hydroxyl groups excluding tert-OH is 1. The minimum atomic E-state index is -4.79. The lowest BCUT2D eigenvalue weighted by molar-refractivity contribution is -0.137. The minimum absolute atomic E-state index is 0.0182. The van der Waals surface area contributed by atoms with Crippen LogP contribution in [0.15, 0.2) is 35.9 Å². The molecule has 0 unspecified atom stereocenters. The Labute approximate surface area is 206 Å². The van der Waals surface area contributed by atoms with Gasteiger partial charge in [0.25, 0.3) is 10.0 Å². The number of rotatable bonds is 8. The van der Waals surface area contributed by atoms with E-state index in [4.69, 9.17) is 5.11 Å². The summed E-state index contributed by atoms with van der Waals surface area (Å²) in [5.41, 5.74) is -0.425. The van der Waals surface area contributed by atoms with Crippen molar-refractivity contribution in [1.29, 1.82) is 0 Å². The third-order valence-corrected chi connectivity index (χ3v) is 6.87. The quantitative estimate of drug-likeness (QED) is 0.410. The van der Waals surface area contributed by atoms with Crippen molar-refractivity contribution in [3.05, 3.63) is 47.0 Å². The van der Waals surface area contributed by atoms with E-state index in [0.29, 0.717) is 31.1 Å². The Morgan fingerprint density at radius 2 is 2.03 bits per heavy atom. The summed E-state index contributed by atoms with van der Waals surface area (Å²) in [4.78, 5) is 20.9. The topological polar surface area (TPSA) is 137 Å². The smallest absolute Gasteiger partial charge is 0.387 e. The maximum absolute atomic E-state index is 13.7. The van der Waals surface area contributed by atoms with E-state index in [1.54, 1.807) is 13.0 Å². The number of sulfonamides is 1. The number of likely N-dealkylation sites (tertiary alicyclic amines) is 1. The van der Waals surface area contributed by atoms with Gasteiger partial charge in [-0.05, 0) is 44.4 Å². The van der Waals surface area contributed by atoms with Gasteiger partial charge in [-0.2, -0.15) is 18.2 Å². The molecule has 2 aromatic rings. The zero-order valence-electron chi connectivity index (χ0n) is 19.7. The number of benzene rings is 1. The summed E-state index contributed by atoms with van der Waals surface area (Å²) in [7, 11) is -3.96. The molecule has 1 aromatic heterocycles. The molecular formula is C22H27F3N6O4S. The monoisotopic (exact) mass is 528 g/mol. The summed E-state index contributed by atoms with van der Waals surface area (Å²) in [5.74, 6) is -1.13. The molecule has 0 saturated carbocycles. The van der Waals surface area contributed by atoms with Crippen LogP contribution in [0.4, 0.5) is 36.3 Å². The number of carbonyl (C=O) groups is 1. The first-order valence-electron chi connectivity index (χ1n) is 11.0. The highest BCUT2D eigenvalue weighted by molar-refractivity contribution is 7.96. The Bertz CT molecular complexity index is 1250. The van der Waals surface area contributed by atoms with Gasteiger partial charge in [0.2, 0.25) is 11.9 Å². The number of anilines is 4. The number of aromatic nitrogens is 2. The van der Waals surface area contributed by atoms with Crippen LogP contribution < -0.4 is 15.4 Å².